The van der Waals surface area contributed by atoms with Crippen molar-refractivity contribution in [1.29, 1.82) is 5.26 Å². The van der Waals surface area contributed by atoms with Crippen LogP contribution in [0.3, 0.4) is 0 Å². The molecule has 0 aliphatic heterocycles. The number of amides is 1. The van der Waals surface area contributed by atoms with Crippen LogP contribution in [0.5, 0.6) is 0 Å². The van der Waals surface area contributed by atoms with Crippen LogP contribution in [0, 0.1) is 11.3 Å². The highest BCUT2D eigenvalue weighted by atomic mass is 32.1. The van der Waals surface area contributed by atoms with Gasteiger partial charge < -0.3 is 5.32 Å². The fraction of sp³-hybridized carbons (Fsp3) is 0.444. The van der Waals surface area contributed by atoms with Crippen LogP contribution in [-0.2, 0) is 0 Å². The van der Waals surface area contributed by atoms with Crippen LogP contribution in [0.25, 0.3) is 0 Å². The highest BCUT2D eigenvalue weighted by Crippen LogP contribution is 2.06. The maximum absolute atomic E-state index is 11.5. The first kappa shape index (κ1) is 10.7. The lowest BCUT2D eigenvalue weighted by Crippen LogP contribution is -2.33. The average Bonchev–Trinajstić information content (AvgIpc) is 2.69. The van der Waals surface area contributed by atoms with E-state index in [1.54, 1.807) is 5.51 Å². The Morgan fingerprint density at radius 3 is 3.14 bits per heavy atom. The van der Waals surface area contributed by atoms with Gasteiger partial charge in [-0.15, -0.1) is 11.3 Å². The van der Waals surface area contributed by atoms with Gasteiger partial charge in [-0.2, -0.15) is 5.26 Å². The molecule has 1 amide bonds. The van der Waals surface area contributed by atoms with E-state index in [9.17, 15) is 4.79 Å². The second-order valence-corrected chi connectivity index (χ2v) is 3.69. The van der Waals surface area contributed by atoms with Gasteiger partial charge in [0.15, 0.2) is 0 Å². The molecule has 1 rings (SSSR count). The average molecular weight is 209 g/mol. The van der Waals surface area contributed by atoms with E-state index in [-0.39, 0.29) is 11.9 Å². The summed E-state index contributed by atoms with van der Waals surface area (Å²) < 4.78 is 0. The third-order valence-electron chi connectivity index (χ3n) is 1.82. The van der Waals surface area contributed by atoms with E-state index >= 15 is 0 Å². The zero-order valence-corrected chi connectivity index (χ0v) is 8.67. The largest absolute Gasteiger partial charge is 0.348 e. The van der Waals surface area contributed by atoms with E-state index in [2.05, 4.69) is 10.3 Å². The summed E-state index contributed by atoms with van der Waals surface area (Å²) in [6, 6.07) is 1.98. The van der Waals surface area contributed by atoms with Gasteiger partial charge in [-0.1, -0.05) is 6.92 Å². The molecule has 1 N–H and O–H groups in total. The third kappa shape index (κ3) is 2.82. The molecule has 4 nitrogen and oxygen atoms in total. The zero-order chi connectivity index (χ0) is 10.4. The molecule has 0 bridgehead atoms. The minimum absolute atomic E-state index is 0.0606. The summed E-state index contributed by atoms with van der Waals surface area (Å²) in [5, 5.41) is 11.3. The second-order valence-electron chi connectivity index (χ2n) is 2.81. The van der Waals surface area contributed by atoms with E-state index < -0.39 is 0 Å². The molecule has 0 spiro atoms. The summed E-state index contributed by atoms with van der Waals surface area (Å²) in [5.41, 5.74) is 1.61. The van der Waals surface area contributed by atoms with Crippen molar-refractivity contribution < 1.29 is 4.79 Å². The van der Waals surface area contributed by atoms with Gasteiger partial charge in [0.1, 0.15) is 4.88 Å². The predicted octanol–water partition coefficient (Wildman–Crippen LogP) is 1.57. The van der Waals surface area contributed by atoms with E-state index in [1.165, 1.54) is 17.5 Å². The lowest BCUT2D eigenvalue weighted by atomic mass is 10.1. The Morgan fingerprint density at radius 1 is 1.86 bits per heavy atom. The van der Waals surface area contributed by atoms with E-state index in [0.29, 0.717) is 11.3 Å². The van der Waals surface area contributed by atoms with Crippen LogP contribution in [0.4, 0.5) is 0 Å². The molecule has 1 atom stereocenters. The lowest BCUT2D eigenvalue weighted by Gasteiger charge is -2.11. The van der Waals surface area contributed by atoms with Crippen molar-refractivity contribution in [2.24, 2.45) is 0 Å². The Balaban J connectivity index is 2.52. The fourth-order valence-electron chi connectivity index (χ4n) is 0.992. The van der Waals surface area contributed by atoms with Crippen LogP contribution < -0.4 is 5.32 Å². The Morgan fingerprint density at radius 2 is 2.64 bits per heavy atom. The number of nitriles is 1. The summed E-state index contributed by atoms with van der Waals surface area (Å²) in [5.74, 6) is -0.144. The predicted molar refractivity (Wildman–Crippen MR) is 53.9 cm³/mol. The molecule has 0 saturated heterocycles. The third-order valence-corrected chi connectivity index (χ3v) is 2.59. The van der Waals surface area contributed by atoms with Gasteiger partial charge in [0.05, 0.1) is 24.2 Å². The normalized spacial score (nSPS) is 11.7. The molecular weight excluding hydrogens is 198 g/mol. The topological polar surface area (TPSA) is 65.8 Å². The highest BCUT2D eigenvalue weighted by Gasteiger charge is 2.12. The first-order valence-electron chi connectivity index (χ1n) is 4.34. The summed E-state index contributed by atoms with van der Waals surface area (Å²) in [6.45, 7) is 1.94. The van der Waals surface area contributed by atoms with Gasteiger partial charge in [0.25, 0.3) is 5.91 Å². The minimum Gasteiger partial charge on any atom is -0.348 e. The van der Waals surface area contributed by atoms with Crippen molar-refractivity contribution in [1.82, 2.24) is 10.3 Å². The summed E-state index contributed by atoms with van der Waals surface area (Å²) in [6.07, 6.45) is 2.64. The Kier molecular flexibility index (Phi) is 4.08. The SMILES string of the molecule is CCC(CC#N)NC(=O)c1cncs1. The summed E-state index contributed by atoms with van der Waals surface area (Å²) >= 11 is 1.30. The fourth-order valence-corrected chi connectivity index (χ4v) is 1.52. The van der Waals surface area contributed by atoms with Gasteiger partial charge in [-0.05, 0) is 6.42 Å². The van der Waals surface area contributed by atoms with Gasteiger partial charge in [-0.3, -0.25) is 9.78 Å². The first-order chi connectivity index (χ1) is 6.77. The van der Waals surface area contributed by atoms with Gasteiger partial charge in [0, 0.05) is 6.04 Å². The minimum atomic E-state index is -0.144. The number of carbonyl (C=O) groups is 1. The van der Waals surface area contributed by atoms with Crippen molar-refractivity contribution in [3.8, 4) is 6.07 Å². The molecule has 5 heteroatoms. The Hall–Kier alpha value is -1.41. The van der Waals surface area contributed by atoms with Crippen LogP contribution in [0.15, 0.2) is 11.7 Å². The number of nitrogens with one attached hydrogen (secondary N) is 1. The highest BCUT2D eigenvalue weighted by molar-refractivity contribution is 7.11. The molecule has 0 aliphatic carbocycles. The maximum atomic E-state index is 11.5. The number of carbonyl (C=O) groups excluding carboxylic acids is 1. The maximum Gasteiger partial charge on any atom is 0.263 e. The molecule has 74 valence electrons. The molecule has 1 aromatic heterocycles. The van der Waals surface area contributed by atoms with Crippen LogP contribution in [0.2, 0.25) is 0 Å². The Labute approximate surface area is 86.6 Å². The van der Waals surface area contributed by atoms with Gasteiger partial charge in [0.2, 0.25) is 0 Å². The van der Waals surface area contributed by atoms with Crippen molar-refractivity contribution >= 4 is 17.2 Å². The molecule has 14 heavy (non-hydrogen) atoms. The van der Waals surface area contributed by atoms with Gasteiger partial charge in [-0.25, -0.2) is 0 Å². The molecule has 0 fully saturated rings. The molecular formula is C9H11N3OS. The molecule has 1 heterocycles. The molecule has 0 radical (unpaired) electrons. The number of thiazole rings is 1. The molecule has 1 aromatic rings. The van der Waals surface area contributed by atoms with E-state index in [4.69, 9.17) is 5.26 Å². The Bertz CT molecular complexity index is 328. The zero-order valence-electron chi connectivity index (χ0n) is 7.86. The quantitative estimate of drug-likeness (QED) is 0.818. The summed E-state index contributed by atoms with van der Waals surface area (Å²) in [7, 11) is 0. The smallest absolute Gasteiger partial charge is 0.263 e. The van der Waals surface area contributed by atoms with Crippen LogP contribution in [0.1, 0.15) is 29.4 Å². The van der Waals surface area contributed by atoms with Crippen molar-refractivity contribution in [2.45, 2.75) is 25.8 Å². The van der Waals surface area contributed by atoms with Crippen molar-refractivity contribution in [3.63, 3.8) is 0 Å². The molecule has 0 saturated carbocycles. The number of rotatable bonds is 4. The number of nitrogens with zero attached hydrogens (tertiary/aromatic N) is 2. The molecule has 0 aliphatic rings. The van der Waals surface area contributed by atoms with Gasteiger partial charge >= 0.3 is 0 Å². The number of aromatic nitrogens is 1. The van der Waals surface area contributed by atoms with Crippen LogP contribution in [-0.4, -0.2) is 16.9 Å². The summed E-state index contributed by atoms with van der Waals surface area (Å²) in [4.78, 5) is 15.9. The van der Waals surface area contributed by atoms with E-state index in [1.807, 2.05) is 13.0 Å². The van der Waals surface area contributed by atoms with Crippen LogP contribution >= 0.6 is 11.3 Å². The van der Waals surface area contributed by atoms with Crippen molar-refractivity contribution in [2.75, 3.05) is 0 Å². The van der Waals surface area contributed by atoms with E-state index in [0.717, 1.165) is 6.42 Å². The second kappa shape index (κ2) is 5.35. The number of hydrogen-bond acceptors (Lipinski definition) is 4. The first-order valence-corrected chi connectivity index (χ1v) is 5.22. The standard InChI is InChI=1S/C9H11N3OS/c1-2-7(3-4-10)12-9(13)8-5-11-6-14-8/h5-7H,2-3H2,1H3,(H,12,13). The number of hydrogen-bond donors (Lipinski definition) is 1. The molecule has 0 aromatic carbocycles. The lowest BCUT2D eigenvalue weighted by molar-refractivity contribution is 0.0940. The monoisotopic (exact) mass is 209 g/mol. The molecule has 1 unspecified atom stereocenters. The van der Waals surface area contributed by atoms with Crippen molar-refractivity contribution in [3.05, 3.63) is 16.6 Å².